The SMILES string of the molecule is O=C(COC(=O)c1cc(NS(=O)(=O)c2ccc(F)cc2)cc(NS(=O)(=O)c2ccc(F)cc2)c1)NC1CC1. The maximum Gasteiger partial charge on any atom is 0.338 e. The summed E-state index contributed by atoms with van der Waals surface area (Å²) in [5, 5.41) is 2.64. The minimum atomic E-state index is -4.27. The van der Waals surface area contributed by atoms with E-state index in [-0.39, 0.29) is 32.8 Å². The van der Waals surface area contributed by atoms with Crippen LogP contribution in [0.4, 0.5) is 20.2 Å². The van der Waals surface area contributed by atoms with Gasteiger partial charge in [-0.1, -0.05) is 0 Å². The van der Waals surface area contributed by atoms with Crippen LogP contribution in [0.1, 0.15) is 23.2 Å². The first-order chi connectivity index (χ1) is 17.9. The number of anilines is 2. The Bertz CT molecular complexity index is 1480. The molecule has 0 radical (unpaired) electrons. The first-order valence-electron chi connectivity index (χ1n) is 11.1. The molecule has 1 aliphatic carbocycles. The van der Waals surface area contributed by atoms with Crippen LogP contribution in [0.3, 0.4) is 0 Å². The molecule has 4 rings (SSSR count). The van der Waals surface area contributed by atoms with Crippen LogP contribution in [0.2, 0.25) is 0 Å². The standard InChI is InChI=1S/C24H21F2N3O7S2/c25-16-1-7-21(8-2-16)37(32,33)28-19-11-15(24(31)36-14-23(30)27-18-5-6-18)12-20(13-19)29-38(34,35)22-9-3-17(26)4-10-22/h1-4,7-13,18,28-29H,5-6,14H2,(H,27,30). The number of hydrogen-bond acceptors (Lipinski definition) is 7. The van der Waals surface area contributed by atoms with E-state index in [9.17, 15) is 35.2 Å². The molecule has 10 nitrogen and oxygen atoms in total. The molecule has 0 heterocycles. The molecular weight excluding hydrogens is 544 g/mol. The lowest BCUT2D eigenvalue weighted by Crippen LogP contribution is -2.30. The van der Waals surface area contributed by atoms with Gasteiger partial charge in [0.2, 0.25) is 0 Å². The molecule has 0 saturated heterocycles. The summed E-state index contributed by atoms with van der Waals surface area (Å²) in [5.41, 5.74) is -0.744. The molecule has 1 amide bonds. The maximum absolute atomic E-state index is 13.2. The molecule has 0 bridgehead atoms. The number of benzene rings is 3. The molecule has 0 aromatic heterocycles. The van der Waals surface area contributed by atoms with Crippen molar-refractivity contribution in [2.75, 3.05) is 16.1 Å². The van der Waals surface area contributed by atoms with Gasteiger partial charge < -0.3 is 10.1 Å². The van der Waals surface area contributed by atoms with Crippen molar-refractivity contribution in [2.24, 2.45) is 0 Å². The number of esters is 1. The van der Waals surface area contributed by atoms with Gasteiger partial charge in [-0.3, -0.25) is 14.2 Å². The summed E-state index contributed by atoms with van der Waals surface area (Å²) in [4.78, 5) is 23.9. The van der Waals surface area contributed by atoms with Gasteiger partial charge in [0.05, 0.1) is 26.7 Å². The van der Waals surface area contributed by atoms with Crippen LogP contribution in [-0.4, -0.2) is 41.4 Å². The number of hydrogen-bond donors (Lipinski definition) is 3. The van der Waals surface area contributed by atoms with Crippen LogP contribution in [0, 0.1) is 11.6 Å². The number of nitrogens with one attached hydrogen (secondary N) is 3. The van der Waals surface area contributed by atoms with E-state index >= 15 is 0 Å². The number of carbonyl (C=O) groups is 2. The zero-order chi connectivity index (χ0) is 27.5. The number of carbonyl (C=O) groups excluding carboxylic acids is 2. The van der Waals surface area contributed by atoms with Crippen LogP contribution in [0.15, 0.2) is 76.5 Å². The van der Waals surface area contributed by atoms with Crippen molar-refractivity contribution < 1.29 is 39.9 Å². The van der Waals surface area contributed by atoms with Crippen molar-refractivity contribution in [1.29, 1.82) is 0 Å². The quantitative estimate of drug-likeness (QED) is 0.320. The van der Waals surface area contributed by atoms with E-state index in [2.05, 4.69) is 14.8 Å². The molecule has 0 atom stereocenters. The second-order valence-corrected chi connectivity index (χ2v) is 11.7. The number of ether oxygens (including phenoxy) is 1. The van der Waals surface area contributed by atoms with Gasteiger partial charge in [-0.25, -0.2) is 30.4 Å². The number of amides is 1. The Morgan fingerprint density at radius 3 is 1.63 bits per heavy atom. The molecule has 3 aromatic carbocycles. The number of sulfonamides is 2. The maximum atomic E-state index is 13.2. The van der Waals surface area contributed by atoms with Crippen LogP contribution < -0.4 is 14.8 Å². The lowest BCUT2D eigenvalue weighted by molar-refractivity contribution is -0.124. The fourth-order valence-electron chi connectivity index (χ4n) is 3.23. The summed E-state index contributed by atoms with van der Waals surface area (Å²) >= 11 is 0. The molecule has 14 heteroatoms. The summed E-state index contributed by atoms with van der Waals surface area (Å²) in [6.07, 6.45) is 1.65. The fourth-order valence-corrected chi connectivity index (χ4v) is 5.31. The third-order valence-corrected chi connectivity index (χ3v) is 7.99. The van der Waals surface area contributed by atoms with Crippen molar-refractivity contribution in [1.82, 2.24) is 5.32 Å². The monoisotopic (exact) mass is 565 g/mol. The normalized spacial score (nSPS) is 13.4. The van der Waals surface area contributed by atoms with Gasteiger partial charge in [-0.15, -0.1) is 0 Å². The highest BCUT2D eigenvalue weighted by molar-refractivity contribution is 7.93. The predicted molar refractivity (Wildman–Crippen MR) is 132 cm³/mol. The van der Waals surface area contributed by atoms with Gasteiger partial charge in [-0.2, -0.15) is 0 Å². The lowest BCUT2D eigenvalue weighted by Gasteiger charge is -2.14. The van der Waals surface area contributed by atoms with Gasteiger partial charge in [0.25, 0.3) is 26.0 Å². The molecule has 200 valence electrons. The van der Waals surface area contributed by atoms with E-state index in [4.69, 9.17) is 4.74 Å². The molecular formula is C24H21F2N3O7S2. The highest BCUT2D eigenvalue weighted by Crippen LogP contribution is 2.25. The van der Waals surface area contributed by atoms with Gasteiger partial charge in [0.15, 0.2) is 6.61 Å². The van der Waals surface area contributed by atoms with E-state index < -0.39 is 50.2 Å². The Morgan fingerprint density at radius 2 is 1.21 bits per heavy atom. The Hall–Kier alpha value is -4.04. The van der Waals surface area contributed by atoms with Crippen molar-refractivity contribution in [2.45, 2.75) is 28.7 Å². The molecule has 0 aliphatic heterocycles. The first kappa shape index (κ1) is 27.0. The van der Waals surface area contributed by atoms with Crippen LogP contribution >= 0.6 is 0 Å². The van der Waals surface area contributed by atoms with E-state index in [1.165, 1.54) is 0 Å². The molecule has 0 spiro atoms. The molecule has 1 aliphatic rings. The van der Waals surface area contributed by atoms with E-state index in [0.29, 0.717) is 0 Å². The van der Waals surface area contributed by atoms with Crippen molar-refractivity contribution in [3.8, 4) is 0 Å². The molecule has 0 unspecified atom stereocenters. The Labute approximate surface area is 217 Å². The molecule has 38 heavy (non-hydrogen) atoms. The Morgan fingerprint density at radius 1 is 0.763 bits per heavy atom. The zero-order valence-electron chi connectivity index (χ0n) is 19.5. The minimum Gasteiger partial charge on any atom is -0.452 e. The third kappa shape index (κ3) is 7.04. The molecule has 1 saturated carbocycles. The number of rotatable bonds is 10. The summed E-state index contributed by atoms with van der Waals surface area (Å²) in [6.45, 7) is -0.600. The fraction of sp³-hybridized carbons (Fsp3) is 0.167. The van der Waals surface area contributed by atoms with Crippen molar-refractivity contribution in [3.63, 3.8) is 0 Å². The topological polar surface area (TPSA) is 148 Å². The molecule has 3 aromatic rings. The summed E-state index contributed by atoms with van der Waals surface area (Å²) in [7, 11) is -8.55. The average Bonchev–Trinajstić information content (AvgIpc) is 3.66. The van der Waals surface area contributed by atoms with Crippen molar-refractivity contribution >= 4 is 43.3 Å². The highest BCUT2D eigenvalue weighted by atomic mass is 32.2. The van der Waals surface area contributed by atoms with Gasteiger partial charge in [0, 0.05) is 6.04 Å². The van der Waals surface area contributed by atoms with E-state index in [1.54, 1.807) is 0 Å². The Balaban J connectivity index is 1.62. The van der Waals surface area contributed by atoms with Crippen LogP contribution in [0.25, 0.3) is 0 Å². The third-order valence-electron chi connectivity index (χ3n) is 5.20. The lowest BCUT2D eigenvalue weighted by atomic mass is 10.2. The average molecular weight is 566 g/mol. The largest absolute Gasteiger partial charge is 0.452 e. The van der Waals surface area contributed by atoms with Gasteiger partial charge in [0.1, 0.15) is 11.6 Å². The Kier molecular flexibility index (Phi) is 7.64. The predicted octanol–water partition coefficient (Wildman–Crippen LogP) is 3.00. The second-order valence-electron chi connectivity index (χ2n) is 8.34. The van der Waals surface area contributed by atoms with Gasteiger partial charge in [-0.05, 0) is 79.6 Å². The molecule has 1 fully saturated rings. The summed E-state index contributed by atoms with van der Waals surface area (Å²) in [6, 6.07) is 11.1. The van der Waals surface area contributed by atoms with E-state index in [1.807, 2.05) is 0 Å². The second kappa shape index (κ2) is 10.8. The highest BCUT2D eigenvalue weighted by Gasteiger charge is 2.24. The van der Waals surface area contributed by atoms with Crippen LogP contribution in [0.5, 0.6) is 0 Å². The van der Waals surface area contributed by atoms with Gasteiger partial charge >= 0.3 is 5.97 Å². The number of halogens is 2. The summed E-state index contributed by atoms with van der Waals surface area (Å²) in [5.74, 6) is -2.86. The van der Waals surface area contributed by atoms with Crippen molar-refractivity contribution in [3.05, 3.63) is 83.9 Å². The summed E-state index contributed by atoms with van der Waals surface area (Å²) < 4.78 is 87.0. The molecule has 3 N–H and O–H groups in total. The van der Waals surface area contributed by atoms with E-state index in [0.717, 1.165) is 79.6 Å². The first-order valence-corrected chi connectivity index (χ1v) is 14.1. The minimum absolute atomic E-state index is 0.0397. The zero-order valence-corrected chi connectivity index (χ0v) is 21.1. The van der Waals surface area contributed by atoms with Crippen LogP contribution in [-0.2, 0) is 29.6 Å². The smallest absolute Gasteiger partial charge is 0.338 e.